The molecule has 0 aliphatic heterocycles. The van der Waals surface area contributed by atoms with Crippen LogP contribution in [0.5, 0.6) is 0 Å². The van der Waals surface area contributed by atoms with Crippen molar-refractivity contribution in [2.75, 3.05) is 0 Å². The largest absolute Gasteiger partial charge is 0.0885 e. The highest BCUT2D eigenvalue weighted by Crippen LogP contribution is 2.32. The van der Waals surface area contributed by atoms with Crippen molar-refractivity contribution in [2.45, 2.75) is 200 Å². The Kier molecular flexibility index (Phi) is 27.4. The zero-order valence-corrected chi connectivity index (χ0v) is 43.8. The van der Waals surface area contributed by atoms with E-state index in [1.807, 2.05) is 12.2 Å². The minimum Gasteiger partial charge on any atom is -0.0885 e. The van der Waals surface area contributed by atoms with E-state index in [9.17, 15) is 0 Å². The molecule has 0 aromatic carbocycles. The summed E-state index contributed by atoms with van der Waals surface area (Å²) < 4.78 is 0. The van der Waals surface area contributed by atoms with Crippen molar-refractivity contribution in [3.8, 4) is 0 Å². The molecule has 7 rings (SSSR count). The minimum absolute atomic E-state index is 0.240. The Hall–Kier alpha value is -3.38. The Labute approximate surface area is 393 Å². The second kappa shape index (κ2) is 29.9. The highest BCUT2D eigenvalue weighted by Gasteiger charge is 2.18. The Morgan fingerprint density at radius 3 is 1.32 bits per heavy atom. The Balaban J connectivity index is 0.000000367. The van der Waals surface area contributed by atoms with E-state index in [-0.39, 0.29) is 5.41 Å². The summed E-state index contributed by atoms with van der Waals surface area (Å²) in [6.07, 6.45) is 77.8. The molecule has 0 heteroatoms. The molecule has 63 heavy (non-hydrogen) atoms. The molecule has 0 unspecified atom stereocenters. The Morgan fingerprint density at radius 1 is 0.254 bits per heavy atom. The molecule has 352 valence electrons. The molecule has 7 aliphatic carbocycles. The summed E-state index contributed by atoms with van der Waals surface area (Å²) in [5.74, 6) is 0. The third-order valence-corrected chi connectivity index (χ3v) is 12.3. The predicted molar refractivity (Wildman–Crippen MR) is 289 cm³/mol. The third-order valence-electron chi connectivity index (χ3n) is 12.3. The summed E-state index contributed by atoms with van der Waals surface area (Å²) in [7, 11) is 0. The average Bonchev–Trinajstić information content (AvgIpc) is 3.86. The van der Waals surface area contributed by atoms with Crippen molar-refractivity contribution < 1.29 is 0 Å². The van der Waals surface area contributed by atoms with Gasteiger partial charge in [-0.25, -0.2) is 0 Å². The van der Waals surface area contributed by atoms with Crippen LogP contribution in [0.4, 0.5) is 0 Å². The Morgan fingerprint density at radius 2 is 0.730 bits per heavy atom. The van der Waals surface area contributed by atoms with E-state index in [0.29, 0.717) is 32.5 Å². The van der Waals surface area contributed by atoms with E-state index in [0.717, 1.165) is 6.42 Å². The van der Waals surface area contributed by atoms with E-state index in [1.54, 1.807) is 0 Å². The lowest BCUT2D eigenvalue weighted by Crippen LogP contribution is -2.08. The highest BCUT2D eigenvalue weighted by molar-refractivity contribution is 5.22. The zero-order valence-electron chi connectivity index (χ0n) is 43.8. The molecule has 0 amide bonds. The third kappa shape index (κ3) is 34.7. The highest BCUT2D eigenvalue weighted by atomic mass is 14.2. The van der Waals surface area contributed by atoms with Crippen LogP contribution in [0, 0.1) is 37.9 Å². The van der Waals surface area contributed by atoms with Crippen LogP contribution in [-0.2, 0) is 0 Å². The molecule has 7 aliphatic rings. The Bertz CT molecular complexity index is 1560. The fraction of sp³-hybridized carbons (Fsp3) is 0.587. The van der Waals surface area contributed by atoms with Gasteiger partial charge in [-0.05, 0) is 130 Å². The molecular formula is C63H100. The van der Waals surface area contributed by atoms with Crippen LogP contribution in [0.3, 0.4) is 0 Å². The van der Waals surface area contributed by atoms with Crippen molar-refractivity contribution in [1.29, 1.82) is 0 Å². The van der Waals surface area contributed by atoms with Gasteiger partial charge in [-0.2, -0.15) is 0 Å². The van der Waals surface area contributed by atoms with Crippen LogP contribution < -0.4 is 0 Å². The summed E-state index contributed by atoms with van der Waals surface area (Å²) in [5, 5.41) is 0. The number of hydrogen-bond acceptors (Lipinski definition) is 0. The molecule has 0 heterocycles. The fourth-order valence-electron chi connectivity index (χ4n) is 7.50. The number of hydrogen-bond donors (Lipinski definition) is 0. The van der Waals surface area contributed by atoms with Gasteiger partial charge in [-0.3, -0.25) is 0 Å². The number of allylic oxidation sites excluding steroid dienone is 26. The maximum atomic E-state index is 2.36. The van der Waals surface area contributed by atoms with Gasteiger partial charge >= 0.3 is 0 Å². The molecule has 0 bridgehead atoms. The van der Waals surface area contributed by atoms with Crippen molar-refractivity contribution >= 4 is 0 Å². The SMILES string of the molecule is CC1(C)C=CC=CC=C1.CC1(C)C=CC=CCC1.CC1(C)C=CCC=CC1.CC1(C)C=CCCC=C1.CC1(C)CC=CC=CC1.CC1(C)CC=CCCC1.CC1(C)CCC=CCC1. The van der Waals surface area contributed by atoms with Gasteiger partial charge in [0, 0.05) is 10.8 Å². The summed E-state index contributed by atoms with van der Waals surface area (Å²) in [6, 6.07) is 0. The lowest BCUT2D eigenvalue weighted by atomic mass is 9.85. The molecule has 0 N–H and O–H groups in total. The molecular weight excluding hydrogens is 757 g/mol. The van der Waals surface area contributed by atoms with Crippen LogP contribution in [0.25, 0.3) is 0 Å². The smallest absolute Gasteiger partial charge is 0.00106 e. The van der Waals surface area contributed by atoms with Gasteiger partial charge in [0.15, 0.2) is 0 Å². The van der Waals surface area contributed by atoms with E-state index in [4.69, 9.17) is 0 Å². The fourth-order valence-corrected chi connectivity index (χ4v) is 7.50. The first kappa shape index (κ1) is 57.6. The summed E-state index contributed by atoms with van der Waals surface area (Å²) >= 11 is 0. The maximum Gasteiger partial charge on any atom is 0.00106 e. The van der Waals surface area contributed by atoms with E-state index in [1.165, 1.54) is 96.3 Å². The van der Waals surface area contributed by atoms with Crippen LogP contribution in [0.2, 0.25) is 0 Å². The van der Waals surface area contributed by atoms with Crippen LogP contribution in [0.1, 0.15) is 200 Å². The van der Waals surface area contributed by atoms with Gasteiger partial charge in [-0.1, -0.05) is 255 Å². The first-order chi connectivity index (χ1) is 29.4. The van der Waals surface area contributed by atoms with Crippen molar-refractivity contribution in [1.82, 2.24) is 0 Å². The zero-order chi connectivity index (χ0) is 47.2. The molecule has 0 fully saturated rings. The van der Waals surface area contributed by atoms with Crippen LogP contribution in [-0.4, -0.2) is 0 Å². The topological polar surface area (TPSA) is 0 Å². The van der Waals surface area contributed by atoms with Gasteiger partial charge in [0.05, 0.1) is 0 Å². The van der Waals surface area contributed by atoms with Gasteiger partial charge in [0.1, 0.15) is 0 Å². The van der Waals surface area contributed by atoms with Crippen LogP contribution in [0.15, 0.2) is 158 Å². The molecule has 0 atom stereocenters. The first-order valence-corrected chi connectivity index (χ1v) is 25.1. The van der Waals surface area contributed by atoms with Gasteiger partial charge in [0.25, 0.3) is 0 Å². The molecule has 0 nitrogen and oxygen atoms in total. The summed E-state index contributed by atoms with van der Waals surface area (Å²) in [6.45, 7) is 31.9. The van der Waals surface area contributed by atoms with E-state index in [2.05, 4.69) is 243 Å². The molecule has 0 saturated carbocycles. The monoisotopic (exact) mass is 857 g/mol. The summed E-state index contributed by atoms with van der Waals surface area (Å²) in [4.78, 5) is 0. The van der Waals surface area contributed by atoms with Crippen molar-refractivity contribution in [3.05, 3.63) is 158 Å². The van der Waals surface area contributed by atoms with Crippen molar-refractivity contribution in [2.24, 2.45) is 37.9 Å². The summed E-state index contributed by atoms with van der Waals surface area (Å²) in [5.41, 5.74) is 3.02. The van der Waals surface area contributed by atoms with Crippen LogP contribution >= 0.6 is 0 Å². The second-order valence-electron chi connectivity index (χ2n) is 23.6. The van der Waals surface area contributed by atoms with E-state index < -0.39 is 0 Å². The molecule has 0 aromatic rings. The first-order valence-electron chi connectivity index (χ1n) is 25.1. The quantitative estimate of drug-likeness (QED) is 0.213. The second-order valence-corrected chi connectivity index (χ2v) is 23.6. The van der Waals surface area contributed by atoms with Gasteiger partial charge < -0.3 is 0 Å². The maximum absolute atomic E-state index is 2.36. The minimum atomic E-state index is 0.240. The molecule has 0 aromatic heterocycles. The lowest BCUT2D eigenvalue weighted by molar-refractivity contribution is 0.319. The standard InChI is InChI=1S/2C9H16.4C9H14.C9H12/c7*1-9(2)7-5-3-4-6-8-9/h3,5H,4,6-8H2,1-2H3;3-4H,5-8H2,1-2H3;5-8H,3-4H2,1-2H3;3,5-6,8H,4,7H2,1-2H3;3-5,7H,6,8H2,1-2H3;3-6H,7-8H2,1-2H3;3-8H,1-2H3. The van der Waals surface area contributed by atoms with E-state index >= 15 is 0 Å². The van der Waals surface area contributed by atoms with Gasteiger partial charge in [-0.15, -0.1) is 0 Å². The molecule has 0 radical (unpaired) electrons. The normalized spacial score (nSPS) is 24.0. The number of rotatable bonds is 0. The predicted octanol–water partition coefficient (Wildman–Crippen LogP) is 20.7. The molecule has 0 spiro atoms. The van der Waals surface area contributed by atoms with Crippen molar-refractivity contribution in [3.63, 3.8) is 0 Å². The lowest BCUT2D eigenvalue weighted by Gasteiger charge is -2.21. The average molecular weight is 857 g/mol. The van der Waals surface area contributed by atoms with Gasteiger partial charge in [0.2, 0.25) is 0 Å². The molecule has 0 saturated heterocycles.